The highest BCUT2D eigenvalue weighted by atomic mass is 79.9. The summed E-state index contributed by atoms with van der Waals surface area (Å²) in [7, 11) is 0. The Kier molecular flexibility index (Phi) is 4.24. The lowest BCUT2D eigenvalue weighted by atomic mass is 10.0. The van der Waals surface area contributed by atoms with Crippen molar-refractivity contribution >= 4 is 38.9 Å². The standard InChI is InChI=1S/C21H18BrN3O/c1-13-8-16(22)10-15-12-25(21(26)20(13)15)19-5-3-4-17(11-19)24-18-6-7-23-14(2)9-18/h3-11H,12H2,1-2H3,(H,23,24). The van der Waals surface area contributed by atoms with E-state index < -0.39 is 0 Å². The van der Waals surface area contributed by atoms with Crippen LogP contribution in [-0.4, -0.2) is 10.9 Å². The van der Waals surface area contributed by atoms with Crippen molar-refractivity contribution in [2.45, 2.75) is 20.4 Å². The monoisotopic (exact) mass is 407 g/mol. The van der Waals surface area contributed by atoms with Crippen LogP contribution in [0.3, 0.4) is 0 Å². The summed E-state index contributed by atoms with van der Waals surface area (Å²) in [5, 5.41) is 3.38. The molecular formula is C21H18BrN3O. The van der Waals surface area contributed by atoms with Crippen molar-refractivity contribution in [3.63, 3.8) is 0 Å². The van der Waals surface area contributed by atoms with E-state index in [9.17, 15) is 4.79 Å². The zero-order valence-electron chi connectivity index (χ0n) is 14.6. The predicted octanol–water partition coefficient (Wildman–Crippen LogP) is 5.36. The maximum absolute atomic E-state index is 12.9. The second-order valence-electron chi connectivity index (χ2n) is 6.51. The van der Waals surface area contributed by atoms with Gasteiger partial charge in [0.2, 0.25) is 0 Å². The molecule has 5 heteroatoms. The van der Waals surface area contributed by atoms with E-state index in [0.717, 1.165) is 43.9 Å². The SMILES string of the molecule is Cc1cc(Nc2cccc(N3Cc4cc(Br)cc(C)c4C3=O)c2)ccn1. The van der Waals surface area contributed by atoms with Crippen LogP contribution in [0, 0.1) is 13.8 Å². The third kappa shape index (κ3) is 3.10. The van der Waals surface area contributed by atoms with Crippen molar-refractivity contribution in [3.05, 3.63) is 81.6 Å². The summed E-state index contributed by atoms with van der Waals surface area (Å²) in [5.74, 6) is 0.0573. The number of anilines is 3. The van der Waals surface area contributed by atoms with E-state index in [2.05, 4.69) is 26.2 Å². The lowest BCUT2D eigenvalue weighted by Crippen LogP contribution is -2.23. The first-order valence-corrected chi connectivity index (χ1v) is 9.21. The van der Waals surface area contributed by atoms with Crippen molar-refractivity contribution < 1.29 is 4.79 Å². The number of halogens is 1. The normalized spacial score (nSPS) is 13.0. The smallest absolute Gasteiger partial charge is 0.259 e. The molecule has 26 heavy (non-hydrogen) atoms. The molecule has 0 bridgehead atoms. The van der Waals surface area contributed by atoms with Crippen LogP contribution in [0.1, 0.15) is 27.2 Å². The number of amides is 1. The molecule has 0 unspecified atom stereocenters. The number of hydrogen-bond acceptors (Lipinski definition) is 3. The topological polar surface area (TPSA) is 45.2 Å². The molecule has 1 amide bonds. The fourth-order valence-electron chi connectivity index (χ4n) is 3.37. The number of carbonyl (C=O) groups is 1. The van der Waals surface area contributed by atoms with Crippen LogP contribution >= 0.6 is 15.9 Å². The number of rotatable bonds is 3. The number of carbonyl (C=O) groups excluding carboxylic acids is 1. The Morgan fingerprint density at radius 1 is 1.08 bits per heavy atom. The maximum Gasteiger partial charge on any atom is 0.259 e. The van der Waals surface area contributed by atoms with Gasteiger partial charge in [0, 0.05) is 39.0 Å². The van der Waals surface area contributed by atoms with Crippen molar-refractivity contribution in [1.29, 1.82) is 0 Å². The zero-order valence-corrected chi connectivity index (χ0v) is 16.2. The molecule has 0 aliphatic carbocycles. The Hall–Kier alpha value is -2.66. The Balaban J connectivity index is 1.63. The maximum atomic E-state index is 12.9. The molecule has 0 saturated heterocycles. The Morgan fingerprint density at radius 3 is 2.69 bits per heavy atom. The molecule has 0 saturated carbocycles. The lowest BCUT2D eigenvalue weighted by molar-refractivity contribution is 0.0996. The fraction of sp³-hybridized carbons (Fsp3) is 0.143. The van der Waals surface area contributed by atoms with Gasteiger partial charge in [-0.15, -0.1) is 0 Å². The number of nitrogens with zero attached hydrogens (tertiary/aromatic N) is 2. The number of pyridine rings is 1. The molecule has 1 aromatic heterocycles. The van der Waals surface area contributed by atoms with E-state index in [1.165, 1.54) is 0 Å². The van der Waals surface area contributed by atoms with Crippen molar-refractivity contribution in [2.24, 2.45) is 0 Å². The lowest BCUT2D eigenvalue weighted by Gasteiger charge is -2.17. The summed E-state index contributed by atoms with van der Waals surface area (Å²) in [6, 6.07) is 15.9. The van der Waals surface area contributed by atoms with Crippen LogP contribution < -0.4 is 10.2 Å². The summed E-state index contributed by atoms with van der Waals surface area (Å²) in [5.41, 5.74) is 6.64. The van der Waals surface area contributed by atoms with Gasteiger partial charge < -0.3 is 10.2 Å². The van der Waals surface area contributed by atoms with Gasteiger partial charge in [0.25, 0.3) is 5.91 Å². The molecule has 130 valence electrons. The van der Waals surface area contributed by atoms with E-state index in [1.54, 1.807) is 6.20 Å². The van der Waals surface area contributed by atoms with E-state index in [1.807, 2.05) is 67.3 Å². The Bertz CT molecular complexity index is 1020. The number of fused-ring (bicyclic) bond motifs is 1. The van der Waals surface area contributed by atoms with E-state index in [4.69, 9.17) is 0 Å². The van der Waals surface area contributed by atoms with Crippen LogP contribution in [0.15, 0.2) is 59.2 Å². The molecule has 1 N–H and O–H groups in total. The predicted molar refractivity (Wildman–Crippen MR) is 108 cm³/mol. The van der Waals surface area contributed by atoms with Gasteiger partial charge in [0.15, 0.2) is 0 Å². The van der Waals surface area contributed by atoms with Crippen LogP contribution in [0.25, 0.3) is 0 Å². The third-order valence-electron chi connectivity index (χ3n) is 4.51. The van der Waals surface area contributed by atoms with Gasteiger partial charge in [-0.25, -0.2) is 0 Å². The molecule has 4 nitrogen and oxygen atoms in total. The van der Waals surface area contributed by atoms with Crippen molar-refractivity contribution in [3.8, 4) is 0 Å². The van der Waals surface area contributed by atoms with E-state index in [0.29, 0.717) is 6.54 Å². The molecule has 1 aliphatic rings. The number of benzene rings is 2. The number of nitrogens with one attached hydrogen (secondary N) is 1. The molecule has 0 atom stereocenters. The molecule has 3 aromatic rings. The van der Waals surface area contributed by atoms with Gasteiger partial charge in [0.1, 0.15) is 0 Å². The summed E-state index contributed by atoms with van der Waals surface area (Å²) in [4.78, 5) is 19.0. The first-order valence-electron chi connectivity index (χ1n) is 8.42. The van der Waals surface area contributed by atoms with Gasteiger partial charge in [-0.2, -0.15) is 0 Å². The average molecular weight is 408 g/mol. The molecule has 0 fully saturated rings. The van der Waals surface area contributed by atoms with E-state index in [-0.39, 0.29) is 5.91 Å². The molecule has 1 aliphatic heterocycles. The van der Waals surface area contributed by atoms with Crippen molar-refractivity contribution in [1.82, 2.24) is 4.98 Å². The molecule has 0 radical (unpaired) electrons. The fourth-order valence-corrected chi connectivity index (χ4v) is 3.99. The van der Waals surface area contributed by atoms with Gasteiger partial charge in [-0.1, -0.05) is 22.0 Å². The average Bonchev–Trinajstić information content (AvgIpc) is 2.92. The minimum Gasteiger partial charge on any atom is -0.355 e. The number of aryl methyl sites for hydroxylation is 2. The molecule has 2 heterocycles. The van der Waals surface area contributed by atoms with Gasteiger partial charge in [-0.3, -0.25) is 9.78 Å². The van der Waals surface area contributed by atoms with Gasteiger partial charge >= 0.3 is 0 Å². The summed E-state index contributed by atoms with van der Waals surface area (Å²) < 4.78 is 1.01. The highest BCUT2D eigenvalue weighted by molar-refractivity contribution is 9.10. The third-order valence-corrected chi connectivity index (χ3v) is 4.97. The summed E-state index contributed by atoms with van der Waals surface area (Å²) in [6.07, 6.45) is 1.78. The second-order valence-corrected chi connectivity index (χ2v) is 7.43. The molecule has 2 aromatic carbocycles. The van der Waals surface area contributed by atoms with Crippen molar-refractivity contribution in [2.75, 3.05) is 10.2 Å². The largest absolute Gasteiger partial charge is 0.355 e. The zero-order chi connectivity index (χ0) is 18.3. The Labute approximate surface area is 161 Å². The van der Waals surface area contributed by atoms with Crippen LogP contribution in [-0.2, 0) is 6.54 Å². The molecule has 0 spiro atoms. The summed E-state index contributed by atoms with van der Waals surface area (Å²) in [6.45, 7) is 4.53. The first-order chi connectivity index (χ1) is 12.5. The quantitative estimate of drug-likeness (QED) is 0.634. The molecule has 4 rings (SSSR count). The highest BCUT2D eigenvalue weighted by Crippen LogP contribution is 2.33. The van der Waals surface area contributed by atoms with Crippen LogP contribution in [0.5, 0.6) is 0 Å². The van der Waals surface area contributed by atoms with Gasteiger partial charge in [0.05, 0.1) is 6.54 Å². The van der Waals surface area contributed by atoms with E-state index >= 15 is 0 Å². The van der Waals surface area contributed by atoms with Gasteiger partial charge in [-0.05, 0) is 67.4 Å². The van der Waals surface area contributed by atoms with Crippen LogP contribution in [0.2, 0.25) is 0 Å². The second kappa shape index (κ2) is 6.57. The minimum absolute atomic E-state index is 0.0573. The number of aromatic nitrogens is 1. The highest BCUT2D eigenvalue weighted by Gasteiger charge is 2.30. The minimum atomic E-state index is 0.0573. The first kappa shape index (κ1) is 16.8. The molecular weight excluding hydrogens is 390 g/mol. The Morgan fingerprint density at radius 2 is 1.88 bits per heavy atom. The van der Waals surface area contributed by atoms with Crippen LogP contribution in [0.4, 0.5) is 17.1 Å². The summed E-state index contributed by atoms with van der Waals surface area (Å²) >= 11 is 3.52. The number of hydrogen-bond donors (Lipinski definition) is 1.